The first-order valence-electron chi connectivity index (χ1n) is 37.8. The standard InChI is InChI=1S/C75H149NO5/c1-3-5-7-9-11-13-15-17-19-21-33-36-39-43-47-51-55-59-63-67-73(78)72(71-77)76-74(79)68-64-60-56-52-48-44-40-37-34-31-29-27-25-23-22-24-26-28-30-32-35-38-42-46-50-54-58-62-66-70-81-75(80)69-65-61-57-53-49-45-41-20-18-16-14-12-10-8-6-4-2/h72-73,77-78H,3-71H2,1-2H3,(H,76,79). The van der Waals surface area contributed by atoms with Gasteiger partial charge in [-0.15, -0.1) is 0 Å². The van der Waals surface area contributed by atoms with E-state index in [2.05, 4.69) is 19.2 Å². The molecule has 0 fully saturated rings. The molecule has 81 heavy (non-hydrogen) atoms. The molecule has 2 unspecified atom stereocenters. The van der Waals surface area contributed by atoms with Crippen LogP contribution in [0.1, 0.15) is 444 Å². The Morgan fingerprint density at radius 1 is 0.296 bits per heavy atom. The highest BCUT2D eigenvalue weighted by molar-refractivity contribution is 5.76. The largest absolute Gasteiger partial charge is 0.466 e. The van der Waals surface area contributed by atoms with E-state index in [1.54, 1.807) is 0 Å². The molecule has 0 bridgehead atoms. The normalized spacial score (nSPS) is 12.4. The molecule has 2 atom stereocenters. The van der Waals surface area contributed by atoms with Gasteiger partial charge in [0.15, 0.2) is 0 Å². The highest BCUT2D eigenvalue weighted by Gasteiger charge is 2.20. The Morgan fingerprint density at radius 2 is 0.506 bits per heavy atom. The van der Waals surface area contributed by atoms with E-state index in [1.165, 1.54) is 372 Å². The Bertz CT molecular complexity index is 1180. The van der Waals surface area contributed by atoms with E-state index in [0.717, 1.165) is 38.5 Å². The van der Waals surface area contributed by atoms with Gasteiger partial charge in [0.1, 0.15) is 0 Å². The number of aliphatic hydroxyl groups excluding tert-OH is 2. The summed E-state index contributed by atoms with van der Waals surface area (Å²) in [6, 6.07) is -0.538. The zero-order valence-corrected chi connectivity index (χ0v) is 55.6. The molecule has 0 aromatic carbocycles. The smallest absolute Gasteiger partial charge is 0.305 e. The van der Waals surface area contributed by atoms with Crippen LogP contribution in [-0.4, -0.2) is 47.4 Å². The number of unbranched alkanes of at least 4 members (excludes halogenated alkanes) is 61. The minimum absolute atomic E-state index is 0.0244. The van der Waals surface area contributed by atoms with Crippen LogP contribution in [0.4, 0.5) is 0 Å². The van der Waals surface area contributed by atoms with Gasteiger partial charge in [-0.3, -0.25) is 9.59 Å². The Labute approximate surface area is 508 Å². The molecule has 6 heteroatoms. The summed E-state index contributed by atoms with van der Waals surface area (Å²) < 4.78 is 5.51. The van der Waals surface area contributed by atoms with Gasteiger partial charge in [0, 0.05) is 12.8 Å². The fourth-order valence-corrected chi connectivity index (χ4v) is 12.4. The highest BCUT2D eigenvalue weighted by Crippen LogP contribution is 2.20. The molecular formula is C75H149NO5. The summed E-state index contributed by atoms with van der Waals surface area (Å²) in [5.41, 5.74) is 0. The third-order valence-electron chi connectivity index (χ3n) is 18.2. The summed E-state index contributed by atoms with van der Waals surface area (Å²) in [6.07, 6.45) is 87.5. The van der Waals surface area contributed by atoms with Crippen molar-refractivity contribution in [1.82, 2.24) is 5.32 Å². The third kappa shape index (κ3) is 67.9. The zero-order valence-electron chi connectivity index (χ0n) is 55.6. The van der Waals surface area contributed by atoms with Crippen LogP contribution in [0.2, 0.25) is 0 Å². The van der Waals surface area contributed by atoms with E-state index >= 15 is 0 Å². The van der Waals surface area contributed by atoms with Crippen LogP contribution in [-0.2, 0) is 14.3 Å². The van der Waals surface area contributed by atoms with Gasteiger partial charge < -0.3 is 20.3 Å². The fourth-order valence-electron chi connectivity index (χ4n) is 12.4. The minimum atomic E-state index is -0.661. The molecule has 3 N–H and O–H groups in total. The number of rotatable bonds is 72. The molecule has 0 aliphatic heterocycles. The monoisotopic (exact) mass is 1140 g/mol. The summed E-state index contributed by atoms with van der Waals surface area (Å²) in [5.74, 6) is -0.00159. The molecule has 0 aliphatic carbocycles. The molecular weight excluding hydrogens is 995 g/mol. The number of ether oxygens (including phenoxy) is 1. The van der Waals surface area contributed by atoms with Crippen LogP contribution in [0, 0.1) is 0 Å². The van der Waals surface area contributed by atoms with E-state index < -0.39 is 12.1 Å². The van der Waals surface area contributed by atoms with E-state index in [9.17, 15) is 19.8 Å². The summed E-state index contributed by atoms with van der Waals surface area (Å²) in [7, 11) is 0. The lowest BCUT2D eigenvalue weighted by Crippen LogP contribution is -2.45. The van der Waals surface area contributed by atoms with Gasteiger partial charge in [0.05, 0.1) is 25.4 Å². The Balaban J connectivity index is 3.32. The predicted octanol–water partition coefficient (Wildman–Crippen LogP) is 24.5. The van der Waals surface area contributed by atoms with Crippen LogP contribution in [0.15, 0.2) is 0 Å². The van der Waals surface area contributed by atoms with E-state index in [0.29, 0.717) is 25.9 Å². The number of carbonyl (C=O) groups excluding carboxylic acids is 2. The molecule has 6 nitrogen and oxygen atoms in total. The van der Waals surface area contributed by atoms with Crippen molar-refractivity contribution in [2.75, 3.05) is 13.2 Å². The number of amides is 1. The molecule has 484 valence electrons. The fraction of sp³-hybridized carbons (Fsp3) is 0.973. The second kappa shape index (κ2) is 71.3. The van der Waals surface area contributed by atoms with Crippen molar-refractivity contribution in [1.29, 1.82) is 0 Å². The molecule has 0 saturated heterocycles. The SMILES string of the molecule is CCCCCCCCCCCCCCCCCCCCCC(O)C(CO)NC(=O)CCCCCCCCCCCCCCCCCCCCCCCCCCCCCCCOC(=O)CCCCCCCCCCCCCCCCCC. The number of aliphatic hydroxyl groups is 2. The van der Waals surface area contributed by atoms with Crippen molar-refractivity contribution in [3.63, 3.8) is 0 Å². The van der Waals surface area contributed by atoms with Gasteiger partial charge in [0.2, 0.25) is 5.91 Å². The maximum atomic E-state index is 12.5. The van der Waals surface area contributed by atoms with Crippen LogP contribution in [0.3, 0.4) is 0 Å². The Morgan fingerprint density at radius 3 is 0.753 bits per heavy atom. The average molecular weight is 1150 g/mol. The van der Waals surface area contributed by atoms with Crippen molar-refractivity contribution in [2.45, 2.75) is 456 Å². The van der Waals surface area contributed by atoms with Crippen LogP contribution in [0.5, 0.6) is 0 Å². The summed E-state index contributed by atoms with van der Waals surface area (Å²) in [6.45, 7) is 5.01. The molecule has 0 radical (unpaired) electrons. The van der Waals surface area contributed by atoms with Crippen molar-refractivity contribution in [3.05, 3.63) is 0 Å². The van der Waals surface area contributed by atoms with Crippen molar-refractivity contribution >= 4 is 11.9 Å². The van der Waals surface area contributed by atoms with Crippen LogP contribution in [0.25, 0.3) is 0 Å². The maximum absolute atomic E-state index is 12.5. The molecule has 0 heterocycles. The predicted molar refractivity (Wildman–Crippen MR) is 357 cm³/mol. The summed E-state index contributed by atoms with van der Waals surface area (Å²) >= 11 is 0. The minimum Gasteiger partial charge on any atom is -0.466 e. The second-order valence-electron chi connectivity index (χ2n) is 26.4. The van der Waals surface area contributed by atoms with Crippen molar-refractivity contribution in [3.8, 4) is 0 Å². The van der Waals surface area contributed by atoms with E-state index in [1.807, 2.05) is 0 Å². The molecule has 0 saturated carbocycles. The number of nitrogens with one attached hydrogen (secondary N) is 1. The topological polar surface area (TPSA) is 95.9 Å². The molecule has 0 spiro atoms. The first-order valence-corrected chi connectivity index (χ1v) is 37.8. The van der Waals surface area contributed by atoms with Gasteiger partial charge in [0.25, 0.3) is 0 Å². The number of esters is 1. The first-order chi connectivity index (χ1) is 40.0. The van der Waals surface area contributed by atoms with Crippen LogP contribution >= 0.6 is 0 Å². The first kappa shape index (κ1) is 79.9. The quantitative estimate of drug-likeness (QED) is 0.0417. The number of carbonyl (C=O) groups is 2. The van der Waals surface area contributed by atoms with Gasteiger partial charge in [-0.05, 0) is 25.7 Å². The third-order valence-corrected chi connectivity index (χ3v) is 18.2. The Kier molecular flexibility index (Phi) is 70.3. The van der Waals surface area contributed by atoms with Gasteiger partial charge in [-0.25, -0.2) is 0 Å². The molecule has 0 aromatic rings. The lowest BCUT2D eigenvalue weighted by atomic mass is 10.0. The summed E-state index contributed by atoms with van der Waals surface area (Å²) in [4.78, 5) is 24.6. The Hall–Kier alpha value is -1.14. The van der Waals surface area contributed by atoms with Gasteiger partial charge in [-0.1, -0.05) is 406 Å². The lowest BCUT2D eigenvalue weighted by molar-refractivity contribution is -0.143. The maximum Gasteiger partial charge on any atom is 0.305 e. The molecule has 0 rings (SSSR count). The number of hydrogen-bond acceptors (Lipinski definition) is 5. The lowest BCUT2D eigenvalue weighted by Gasteiger charge is -2.22. The van der Waals surface area contributed by atoms with E-state index in [4.69, 9.17) is 4.74 Å². The molecule has 0 aliphatic rings. The van der Waals surface area contributed by atoms with Crippen molar-refractivity contribution in [2.24, 2.45) is 0 Å². The van der Waals surface area contributed by atoms with Gasteiger partial charge >= 0.3 is 5.97 Å². The second-order valence-corrected chi connectivity index (χ2v) is 26.4. The van der Waals surface area contributed by atoms with Crippen LogP contribution < -0.4 is 5.32 Å². The molecule has 1 amide bonds. The van der Waals surface area contributed by atoms with E-state index in [-0.39, 0.29) is 18.5 Å². The zero-order chi connectivity index (χ0) is 58.5. The molecule has 0 aromatic heterocycles. The highest BCUT2D eigenvalue weighted by atomic mass is 16.5. The van der Waals surface area contributed by atoms with Gasteiger partial charge in [-0.2, -0.15) is 0 Å². The summed E-state index contributed by atoms with van der Waals surface area (Å²) in [5, 5.41) is 23.4. The number of hydrogen-bond donors (Lipinski definition) is 3. The average Bonchev–Trinajstić information content (AvgIpc) is 3.47. The van der Waals surface area contributed by atoms with Crippen molar-refractivity contribution < 1.29 is 24.5 Å².